The quantitative estimate of drug-likeness (QED) is 0.866. The molecule has 0 saturated heterocycles. The SMILES string of the molecule is N[C@H](c1ccc(OC(F)(F)F)c(F)c1)c1cccc(F)c1F. The first-order valence-corrected chi connectivity index (χ1v) is 5.93. The molecule has 0 amide bonds. The van der Waals surface area contributed by atoms with Crippen molar-refractivity contribution < 1.29 is 31.1 Å². The number of nitrogens with two attached hydrogens (primary N) is 1. The zero-order chi connectivity index (χ0) is 16.5. The summed E-state index contributed by atoms with van der Waals surface area (Å²) in [5.41, 5.74) is 5.42. The summed E-state index contributed by atoms with van der Waals surface area (Å²) >= 11 is 0. The van der Waals surface area contributed by atoms with Crippen LogP contribution in [0.3, 0.4) is 0 Å². The van der Waals surface area contributed by atoms with Gasteiger partial charge in [-0.05, 0) is 23.8 Å². The maximum Gasteiger partial charge on any atom is 0.573 e. The number of alkyl halides is 3. The van der Waals surface area contributed by atoms with Crippen LogP contribution in [0.15, 0.2) is 36.4 Å². The third-order valence-corrected chi connectivity index (χ3v) is 2.86. The Morgan fingerprint density at radius 2 is 1.64 bits per heavy atom. The molecule has 0 aliphatic carbocycles. The Bertz CT molecular complexity index is 686. The lowest BCUT2D eigenvalue weighted by Crippen LogP contribution is -2.19. The largest absolute Gasteiger partial charge is 0.573 e. The molecule has 0 spiro atoms. The summed E-state index contributed by atoms with van der Waals surface area (Å²) in [5, 5.41) is 0. The molecule has 0 bridgehead atoms. The lowest BCUT2D eigenvalue weighted by Gasteiger charge is -2.15. The summed E-state index contributed by atoms with van der Waals surface area (Å²) in [6, 6.07) is 4.48. The predicted octanol–water partition coefficient (Wildman–Crippen LogP) is 4.05. The average Bonchev–Trinajstić information content (AvgIpc) is 2.42. The zero-order valence-corrected chi connectivity index (χ0v) is 10.8. The smallest absolute Gasteiger partial charge is 0.403 e. The molecule has 1 atom stereocenters. The van der Waals surface area contributed by atoms with Crippen LogP contribution >= 0.6 is 0 Å². The molecule has 2 aromatic carbocycles. The van der Waals surface area contributed by atoms with E-state index in [1.807, 2.05) is 0 Å². The number of hydrogen-bond acceptors (Lipinski definition) is 2. The van der Waals surface area contributed by atoms with E-state index in [-0.39, 0.29) is 11.1 Å². The van der Waals surface area contributed by atoms with Crippen molar-refractivity contribution in [1.82, 2.24) is 0 Å². The Labute approximate surface area is 121 Å². The van der Waals surface area contributed by atoms with Gasteiger partial charge in [0.15, 0.2) is 23.2 Å². The number of rotatable bonds is 3. The van der Waals surface area contributed by atoms with E-state index in [9.17, 15) is 26.3 Å². The zero-order valence-electron chi connectivity index (χ0n) is 10.8. The molecule has 2 N–H and O–H groups in total. The van der Waals surface area contributed by atoms with Crippen molar-refractivity contribution >= 4 is 0 Å². The molecule has 2 aromatic rings. The molecule has 0 aromatic heterocycles. The van der Waals surface area contributed by atoms with Crippen molar-refractivity contribution in [2.24, 2.45) is 5.73 Å². The molecular formula is C14H9F6NO. The Hall–Kier alpha value is -2.22. The summed E-state index contributed by atoms with van der Waals surface area (Å²) < 4.78 is 79.9. The lowest BCUT2D eigenvalue weighted by atomic mass is 9.98. The van der Waals surface area contributed by atoms with Gasteiger partial charge in [0, 0.05) is 5.56 Å². The van der Waals surface area contributed by atoms with Crippen molar-refractivity contribution in [2.45, 2.75) is 12.4 Å². The van der Waals surface area contributed by atoms with Crippen LogP contribution in [-0.2, 0) is 0 Å². The second-order valence-corrected chi connectivity index (χ2v) is 4.36. The molecule has 0 unspecified atom stereocenters. The van der Waals surface area contributed by atoms with Gasteiger partial charge in [0.05, 0.1) is 6.04 Å². The van der Waals surface area contributed by atoms with Crippen molar-refractivity contribution in [3.63, 3.8) is 0 Å². The van der Waals surface area contributed by atoms with E-state index in [4.69, 9.17) is 5.73 Å². The number of benzene rings is 2. The molecule has 0 heterocycles. The monoisotopic (exact) mass is 321 g/mol. The van der Waals surface area contributed by atoms with Crippen LogP contribution in [0.4, 0.5) is 26.3 Å². The minimum Gasteiger partial charge on any atom is -0.403 e. The van der Waals surface area contributed by atoms with Gasteiger partial charge in [0.2, 0.25) is 0 Å². The normalized spacial score (nSPS) is 13.0. The highest BCUT2D eigenvalue weighted by molar-refractivity contribution is 5.37. The molecule has 118 valence electrons. The van der Waals surface area contributed by atoms with Crippen LogP contribution in [0.25, 0.3) is 0 Å². The van der Waals surface area contributed by atoms with Gasteiger partial charge in [-0.2, -0.15) is 0 Å². The first kappa shape index (κ1) is 16.2. The Morgan fingerprint density at radius 1 is 0.955 bits per heavy atom. The third-order valence-electron chi connectivity index (χ3n) is 2.86. The van der Waals surface area contributed by atoms with Crippen LogP contribution < -0.4 is 10.5 Å². The van der Waals surface area contributed by atoms with E-state index in [1.165, 1.54) is 12.1 Å². The minimum absolute atomic E-state index is 0.0310. The number of ether oxygens (including phenoxy) is 1. The van der Waals surface area contributed by atoms with Gasteiger partial charge in [-0.3, -0.25) is 0 Å². The topological polar surface area (TPSA) is 35.2 Å². The predicted molar refractivity (Wildman–Crippen MR) is 65.5 cm³/mol. The van der Waals surface area contributed by atoms with Gasteiger partial charge in [-0.25, -0.2) is 13.2 Å². The highest BCUT2D eigenvalue weighted by atomic mass is 19.4. The lowest BCUT2D eigenvalue weighted by molar-refractivity contribution is -0.275. The summed E-state index contributed by atoms with van der Waals surface area (Å²) in [4.78, 5) is 0. The molecule has 0 fully saturated rings. The van der Waals surface area contributed by atoms with Crippen LogP contribution in [0, 0.1) is 17.5 Å². The van der Waals surface area contributed by atoms with E-state index in [0.717, 1.165) is 18.2 Å². The first-order chi connectivity index (χ1) is 10.2. The fourth-order valence-corrected chi connectivity index (χ4v) is 1.86. The summed E-state index contributed by atoms with van der Waals surface area (Å²) in [7, 11) is 0. The van der Waals surface area contributed by atoms with E-state index >= 15 is 0 Å². The van der Waals surface area contributed by atoms with E-state index in [1.54, 1.807) is 0 Å². The fourth-order valence-electron chi connectivity index (χ4n) is 1.86. The van der Waals surface area contributed by atoms with Crippen molar-refractivity contribution in [3.05, 3.63) is 65.0 Å². The molecule has 0 saturated carbocycles. The summed E-state index contributed by atoms with van der Waals surface area (Å²) in [6.07, 6.45) is -5.04. The van der Waals surface area contributed by atoms with Crippen LogP contribution in [-0.4, -0.2) is 6.36 Å². The molecule has 2 rings (SSSR count). The maximum atomic E-state index is 13.6. The van der Waals surface area contributed by atoms with Crippen LogP contribution in [0.2, 0.25) is 0 Å². The van der Waals surface area contributed by atoms with E-state index in [2.05, 4.69) is 4.74 Å². The van der Waals surface area contributed by atoms with Crippen molar-refractivity contribution in [1.29, 1.82) is 0 Å². The van der Waals surface area contributed by atoms with E-state index in [0.29, 0.717) is 6.07 Å². The second kappa shape index (κ2) is 5.88. The van der Waals surface area contributed by atoms with Crippen molar-refractivity contribution in [3.8, 4) is 5.75 Å². The van der Waals surface area contributed by atoms with E-state index < -0.39 is 35.6 Å². The van der Waals surface area contributed by atoms with Gasteiger partial charge in [0.25, 0.3) is 0 Å². The number of halogens is 6. The average molecular weight is 321 g/mol. The molecular weight excluding hydrogens is 312 g/mol. The minimum atomic E-state index is -5.04. The standard InChI is InChI=1S/C14H9F6NO/c15-9-3-1-2-8(12(9)17)13(21)7-4-5-11(10(16)6-7)22-14(18,19)20/h1-6,13H,21H2/t13-/m1/s1. The Kier molecular flexibility index (Phi) is 4.32. The third kappa shape index (κ3) is 3.51. The first-order valence-electron chi connectivity index (χ1n) is 5.93. The van der Waals surface area contributed by atoms with Crippen LogP contribution in [0.5, 0.6) is 5.75 Å². The van der Waals surface area contributed by atoms with Crippen molar-refractivity contribution in [2.75, 3.05) is 0 Å². The number of hydrogen-bond donors (Lipinski definition) is 1. The van der Waals surface area contributed by atoms with Gasteiger partial charge in [0.1, 0.15) is 0 Å². The highest BCUT2D eigenvalue weighted by Gasteiger charge is 2.32. The molecule has 0 aliphatic rings. The van der Waals surface area contributed by atoms with Gasteiger partial charge >= 0.3 is 6.36 Å². The summed E-state index contributed by atoms with van der Waals surface area (Å²) in [6.45, 7) is 0. The van der Waals surface area contributed by atoms with Crippen LogP contribution in [0.1, 0.15) is 17.2 Å². The molecule has 0 radical (unpaired) electrons. The van der Waals surface area contributed by atoms with Gasteiger partial charge in [-0.15, -0.1) is 13.2 Å². The molecule has 22 heavy (non-hydrogen) atoms. The van der Waals surface area contributed by atoms with Gasteiger partial charge < -0.3 is 10.5 Å². The fraction of sp³-hybridized carbons (Fsp3) is 0.143. The second-order valence-electron chi connectivity index (χ2n) is 4.36. The highest BCUT2D eigenvalue weighted by Crippen LogP contribution is 2.30. The Balaban J connectivity index is 2.33. The maximum absolute atomic E-state index is 13.6. The molecule has 0 aliphatic heterocycles. The Morgan fingerprint density at radius 3 is 2.23 bits per heavy atom. The van der Waals surface area contributed by atoms with Gasteiger partial charge in [-0.1, -0.05) is 18.2 Å². The molecule has 2 nitrogen and oxygen atoms in total. The molecule has 8 heteroatoms. The summed E-state index contributed by atoms with van der Waals surface area (Å²) in [5.74, 6) is -4.69.